The quantitative estimate of drug-likeness (QED) is 0.783. The highest BCUT2D eigenvalue weighted by atomic mass is 16.5. The molecule has 5 heteroatoms. The smallest absolute Gasteiger partial charge is 0.329 e. The Morgan fingerprint density at radius 2 is 2.50 bits per heavy atom. The number of aromatic nitrogens is 2. The Morgan fingerprint density at radius 3 is 3.00 bits per heavy atom. The summed E-state index contributed by atoms with van der Waals surface area (Å²) >= 11 is 0. The Labute approximate surface area is 94.4 Å². The standard InChI is InChI=1S/C11H19N3O2/c1-3-7(2)4-8-5-11(8,6-12)9-13-10(15)16-14-9/h7-8H,3-6,12H2,1-2H3,(H,13,14,15). The Hall–Kier alpha value is -1.10. The van der Waals surface area contributed by atoms with E-state index in [1.54, 1.807) is 0 Å². The molecular weight excluding hydrogens is 206 g/mol. The number of nitrogens with two attached hydrogens (primary N) is 1. The van der Waals surface area contributed by atoms with Crippen molar-refractivity contribution in [3.05, 3.63) is 16.4 Å². The predicted molar refractivity (Wildman–Crippen MR) is 60.0 cm³/mol. The first kappa shape index (κ1) is 11.4. The maximum absolute atomic E-state index is 10.9. The molecule has 1 heterocycles. The van der Waals surface area contributed by atoms with Crippen molar-refractivity contribution in [1.29, 1.82) is 0 Å². The van der Waals surface area contributed by atoms with Crippen LogP contribution >= 0.6 is 0 Å². The van der Waals surface area contributed by atoms with Crippen molar-refractivity contribution in [2.75, 3.05) is 6.54 Å². The number of rotatable bonds is 5. The van der Waals surface area contributed by atoms with E-state index in [0.717, 1.165) is 12.8 Å². The lowest BCUT2D eigenvalue weighted by Crippen LogP contribution is -2.25. The van der Waals surface area contributed by atoms with Crippen LogP contribution in [0.15, 0.2) is 9.32 Å². The summed E-state index contributed by atoms with van der Waals surface area (Å²) < 4.78 is 4.56. The van der Waals surface area contributed by atoms with Crippen molar-refractivity contribution in [2.24, 2.45) is 17.6 Å². The molecular formula is C11H19N3O2. The van der Waals surface area contributed by atoms with E-state index >= 15 is 0 Å². The minimum atomic E-state index is -0.489. The lowest BCUT2D eigenvalue weighted by molar-refractivity contribution is 0.369. The molecule has 1 saturated carbocycles. The van der Waals surface area contributed by atoms with Gasteiger partial charge < -0.3 is 5.73 Å². The van der Waals surface area contributed by atoms with E-state index in [1.165, 1.54) is 6.42 Å². The predicted octanol–water partition coefficient (Wildman–Crippen LogP) is 1.02. The van der Waals surface area contributed by atoms with E-state index in [0.29, 0.717) is 24.2 Å². The van der Waals surface area contributed by atoms with E-state index in [4.69, 9.17) is 5.73 Å². The monoisotopic (exact) mass is 225 g/mol. The number of nitrogens with one attached hydrogen (secondary N) is 1. The highest BCUT2D eigenvalue weighted by molar-refractivity contribution is 5.22. The molecule has 0 amide bonds. The Morgan fingerprint density at radius 1 is 1.75 bits per heavy atom. The molecule has 1 fully saturated rings. The number of hydrogen-bond donors (Lipinski definition) is 2. The molecule has 1 aromatic rings. The summed E-state index contributed by atoms with van der Waals surface area (Å²) in [6.07, 6.45) is 3.32. The molecule has 1 aromatic heterocycles. The molecule has 1 aliphatic carbocycles. The van der Waals surface area contributed by atoms with Gasteiger partial charge in [-0.3, -0.25) is 9.51 Å². The molecule has 1 aliphatic rings. The Balaban J connectivity index is 2.10. The summed E-state index contributed by atoms with van der Waals surface area (Å²) in [6, 6.07) is 0. The molecule has 0 saturated heterocycles. The highest BCUT2D eigenvalue weighted by Crippen LogP contribution is 2.55. The van der Waals surface area contributed by atoms with E-state index < -0.39 is 5.76 Å². The van der Waals surface area contributed by atoms with Gasteiger partial charge in [-0.25, -0.2) is 4.79 Å². The molecule has 90 valence electrons. The summed E-state index contributed by atoms with van der Waals surface area (Å²) in [7, 11) is 0. The molecule has 2 rings (SSSR count). The lowest BCUT2D eigenvalue weighted by atomic mass is 9.95. The summed E-state index contributed by atoms with van der Waals surface area (Å²) in [5.74, 6) is 1.37. The van der Waals surface area contributed by atoms with Gasteiger partial charge in [-0.1, -0.05) is 25.4 Å². The zero-order chi connectivity index (χ0) is 11.8. The maximum atomic E-state index is 10.9. The summed E-state index contributed by atoms with van der Waals surface area (Å²) in [5, 5.41) is 3.78. The fourth-order valence-corrected chi connectivity index (χ4v) is 2.42. The average Bonchev–Trinajstić information content (AvgIpc) is 2.81. The van der Waals surface area contributed by atoms with Crippen molar-refractivity contribution < 1.29 is 4.52 Å². The van der Waals surface area contributed by atoms with Gasteiger partial charge in [0.1, 0.15) is 0 Å². The third kappa shape index (κ3) is 1.80. The largest absolute Gasteiger partial charge is 0.438 e. The molecule has 3 N–H and O–H groups in total. The van der Waals surface area contributed by atoms with Gasteiger partial charge in [0, 0.05) is 12.0 Å². The number of aromatic amines is 1. The molecule has 0 aliphatic heterocycles. The topological polar surface area (TPSA) is 84.9 Å². The van der Waals surface area contributed by atoms with Crippen LogP contribution in [0.2, 0.25) is 0 Å². The van der Waals surface area contributed by atoms with Crippen molar-refractivity contribution in [2.45, 2.75) is 38.5 Å². The molecule has 5 nitrogen and oxygen atoms in total. The minimum absolute atomic E-state index is 0.129. The van der Waals surface area contributed by atoms with Gasteiger partial charge in [0.15, 0.2) is 5.82 Å². The fourth-order valence-electron chi connectivity index (χ4n) is 2.42. The number of H-pyrrole nitrogens is 1. The first-order valence-electron chi connectivity index (χ1n) is 5.89. The summed E-state index contributed by atoms with van der Waals surface area (Å²) in [6.45, 7) is 4.96. The minimum Gasteiger partial charge on any atom is -0.329 e. The molecule has 3 atom stereocenters. The van der Waals surface area contributed by atoms with Crippen molar-refractivity contribution in [1.82, 2.24) is 10.1 Å². The third-order valence-electron chi connectivity index (χ3n) is 3.89. The number of nitrogens with zero attached hydrogens (tertiary/aromatic N) is 1. The first-order valence-corrected chi connectivity index (χ1v) is 5.89. The summed E-state index contributed by atoms with van der Waals surface area (Å²) in [5.41, 5.74) is 5.68. The van der Waals surface area contributed by atoms with Crippen molar-refractivity contribution in [3.63, 3.8) is 0 Å². The second-order valence-electron chi connectivity index (χ2n) is 4.95. The van der Waals surface area contributed by atoms with Crippen LogP contribution in [0, 0.1) is 11.8 Å². The second-order valence-corrected chi connectivity index (χ2v) is 4.95. The zero-order valence-corrected chi connectivity index (χ0v) is 9.82. The van der Waals surface area contributed by atoms with Gasteiger partial charge in [-0.2, -0.15) is 0 Å². The highest BCUT2D eigenvalue weighted by Gasteiger charge is 2.56. The van der Waals surface area contributed by atoms with E-state index in [1.807, 2.05) is 0 Å². The zero-order valence-electron chi connectivity index (χ0n) is 9.82. The molecule has 16 heavy (non-hydrogen) atoms. The van der Waals surface area contributed by atoms with Crippen LogP contribution in [-0.2, 0) is 5.41 Å². The van der Waals surface area contributed by atoms with E-state index in [-0.39, 0.29) is 5.41 Å². The van der Waals surface area contributed by atoms with Gasteiger partial charge in [0.2, 0.25) is 0 Å². The second kappa shape index (κ2) is 4.05. The Bertz CT molecular complexity index is 411. The van der Waals surface area contributed by atoms with Crippen LogP contribution in [0.3, 0.4) is 0 Å². The fraction of sp³-hybridized carbons (Fsp3) is 0.818. The normalized spacial score (nSPS) is 30.3. The van der Waals surface area contributed by atoms with Gasteiger partial charge in [-0.15, -0.1) is 0 Å². The summed E-state index contributed by atoms with van der Waals surface area (Å²) in [4.78, 5) is 13.6. The van der Waals surface area contributed by atoms with Gasteiger partial charge in [-0.05, 0) is 24.7 Å². The Kier molecular flexibility index (Phi) is 2.88. The first-order chi connectivity index (χ1) is 7.62. The van der Waals surface area contributed by atoms with Gasteiger partial charge in [0.25, 0.3) is 0 Å². The van der Waals surface area contributed by atoms with Crippen LogP contribution < -0.4 is 11.5 Å². The van der Waals surface area contributed by atoms with E-state index in [9.17, 15) is 4.79 Å². The number of hydrogen-bond acceptors (Lipinski definition) is 4. The van der Waals surface area contributed by atoms with Crippen LogP contribution in [0.25, 0.3) is 0 Å². The third-order valence-corrected chi connectivity index (χ3v) is 3.89. The van der Waals surface area contributed by atoms with Crippen LogP contribution in [0.4, 0.5) is 0 Å². The average molecular weight is 225 g/mol. The van der Waals surface area contributed by atoms with Crippen molar-refractivity contribution in [3.8, 4) is 0 Å². The lowest BCUT2D eigenvalue weighted by Gasteiger charge is -2.13. The molecule has 0 spiro atoms. The van der Waals surface area contributed by atoms with Crippen LogP contribution in [0.5, 0.6) is 0 Å². The molecule has 3 unspecified atom stereocenters. The van der Waals surface area contributed by atoms with Crippen molar-refractivity contribution >= 4 is 0 Å². The SMILES string of the molecule is CCC(C)CC1CC1(CN)c1noc(=O)[nH]1. The van der Waals surface area contributed by atoms with Crippen LogP contribution in [-0.4, -0.2) is 16.7 Å². The molecule has 0 radical (unpaired) electrons. The van der Waals surface area contributed by atoms with Gasteiger partial charge in [0.05, 0.1) is 0 Å². The van der Waals surface area contributed by atoms with E-state index in [2.05, 4.69) is 28.5 Å². The van der Waals surface area contributed by atoms with Crippen LogP contribution in [0.1, 0.15) is 38.9 Å². The van der Waals surface area contributed by atoms with Gasteiger partial charge >= 0.3 is 5.76 Å². The maximum Gasteiger partial charge on any atom is 0.438 e. The molecule has 0 bridgehead atoms. The molecule has 0 aromatic carbocycles.